The third kappa shape index (κ3) is 4.58. The Labute approximate surface area is 237 Å². The number of ether oxygens (including phenoxy) is 1. The molecule has 0 unspecified atom stereocenters. The lowest BCUT2D eigenvalue weighted by Crippen LogP contribution is -2.39. The second-order valence-corrected chi connectivity index (χ2v) is 11.5. The molecule has 0 spiro atoms. The molecule has 0 saturated heterocycles. The first kappa shape index (κ1) is 25.6. The smallest absolute Gasteiger partial charge is 0.338 e. The molecule has 3 aromatic heterocycles. The summed E-state index contributed by atoms with van der Waals surface area (Å²) >= 11 is 9.28. The van der Waals surface area contributed by atoms with E-state index in [-0.39, 0.29) is 12.2 Å². The van der Waals surface area contributed by atoms with Gasteiger partial charge >= 0.3 is 5.97 Å². The summed E-state index contributed by atoms with van der Waals surface area (Å²) in [4.78, 5) is 33.0. The van der Waals surface area contributed by atoms with Gasteiger partial charge in [0.15, 0.2) is 4.80 Å². The van der Waals surface area contributed by atoms with Gasteiger partial charge in [0.25, 0.3) is 5.56 Å². The minimum Gasteiger partial charge on any atom is -0.463 e. The van der Waals surface area contributed by atoms with E-state index < -0.39 is 12.0 Å². The van der Waals surface area contributed by atoms with Crippen LogP contribution in [0.1, 0.15) is 35.9 Å². The van der Waals surface area contributed by atoms with E-state index >= 15 is 0 Å². The second-order valence-electron chi connectivity index (χ2n) is 9.14. The molecule has 2 aromatic carbocycles. The van der Waals surface area contributed by atoms with E-state index in [1.54, 1.807) is 18.4 Å². The van der Waals surface area contributed by atoms with Crippen molar-refractivity contribution >= 4 is 57.2 Å². The third-order valence-corrected chi connectivity index (χ3v) is 9.01. The summed E-state index contributed by atoms with van der Waals surface area (Å²) in [5, 5.41) is 3.69. The molecule has 196 valence electrons. The topological polar surface area (TPSA) is 65.6 Å². The molecule has 6 nitrogen and oxygen atoms in total. The fourth-order valence-electron chi connectivity index (χ4n) is 4.98. The Morgan fingerprint density at radius 1 is 1.13 bits per heavy atom. The summed E-state index contributed by atoms with van der Waals surface area (Å²) in [6.45, 7) is 4.42. The van der Waals surface area contributed by atoms with Crippen LogP contribution in [0.3, 0.4) is 0 Å². The normalized spacial score (nSPS) is 15.5. The minimum atomic E-state index is -0.580. The molecule has 0 amide bonds. The van der Waals surface area contributed by atoms with Gasteiger partial charge in [-0.05, 0) is 49.1 Å². The van der Waals surface area contributed by atoms with Crippen molar-refractivity contribution in [1.29, 1.82) is 0 Å². The minimum absolute atomic E-state index is 0.186. The lowest BCUT2D eigenvalue weighted by molar-refractivity contribution is -0.139. The number of allylic oxidation sites excluding steroid dienone is 1. The SMILES string of the molecule is CCOC(=O)C1=C(C)N=c2s/c(=C\c3cn(Cc4ccccc4Cl)c4ccccc34)c(=O)n2[C@@H]1c1cccs1. The van der Waals surface area contributed by atoms with E-state index in [1.807, 2.05) is 60.0 Å². The summed E-state index contributed by atoms with van der Waals surface area (Å²) in [5.74, 6) is -0.450. The lowest BCUT2D eigenvalue weighted by atomic mass is 10.0. The second kappa shape index (κ2) is 10.4. The van der Waals surface area contributed by atoms with Crippen molar-refractivity contribution in [3.8, 4) is 0 Å². The number of aromatic nitrogens is 2. The van der Waals surface area contributed by atoms with Crippen LogP contribution in [0, 0.1) is 0 Å². The van der Waals surface area contributed by atoms with Crippen molar-refractivity contribution < 1.29 is 9.53 Å². The molecule has 4 heterocycles. The van der Waals surface area contributed by atoms with Gasteiger partial charge in [0.1, 0.15) is 6.04 Å². The van der Waals surface area contributed by atoms with Crippen LogP contribution in [0.4, 0.5) is 0 Å². The third-order valence-electron chi connectivity index (χ3n) is 6.73. The maximum atomic E-state index is 13.9. The van der Waals surface area contributed by atoms with E-state index in [2.05, 4.69) is 27.9 Å². The number of fused-ring (bicyclic) bond motifs is 2. The number of hydrogen-bond donors (Lipinski definition) is 0. The average molecular weight is 574 g/mol. The fourth-order valence-corrected chi connectivity index (χ4v) is 7.04. The van der Waals surface area contributed by atoms with E-state index in [4.69, 9.17) is 16.3 Å². The quantitative estimate of drug-likeness (QED) is 0.251. The number of para-hydroxylation sites is 1. The maximum Gasteiger partial charge on any atom is 0.338 e. The van der Waals surface area contributed by atoms with Crippen molar-refractivity contribution in [2.45, 2.75) is 26.4 Å². The first-order valence-corrected chi connectivity index (χ1v) is 14.6. The Morgan fingerprint density at radius 3 is 2.69 bits per heavy atom. The van der Waals surface area contributed by atoms with Gasteiger partial charge in [-0.1, -0.05) is 65.4 Å². The van der Waals surface area contributed by atoms with Crippen molar-refractivity contribution in [2.75, 3.05) is 6.61 Å². The van der Waals surface area contributed by atoms with Crippen molar-refractivity contribution in [2.24, 2.45) is 4.99 Å². The van der Waals surface area contributed by atoms with Gasteiger partial charge in [0, 0.05) is 39.1 Å². The van der Waals surface area contributed by atoms with Crippen molar-refractivity contribution in [1.82, 2.24) is 9.13 Å². The van der Waals surface area contributed by atoms with Crippen LogP contribution in [0.5, 0.6) is 0 Å². The summed E-state index contributed by atoms with van der Waals surface area (Å²) in [6.07, 6.45) is 3.97. The number of nitrogens with zero attached hydrogens (tertiary/aromatic N) is 3. The molecule has 39 heavy (non-hydrogen) atoms. The molecule has 0 saturated carbocycles. The standard InChI is InChI=1S/C30H24ClN3O3S2/c1-3-37-29(36)26-18(2)32-30-34(27(26)24-13-8-14-38-24)28(35)25(39-30)15-20-17-33(23-12-7-5-10-21(20)23)16-19-9-4-6-11-22(19)31/h4-15,17,27H,3,16H2,1-2H3/b25-15-/t27-/m1/s1. The monoisotopic (exact) mass is 573 g/mol. The summed E-state index contributed by atoms with van der Waals surface area (Å²) in [5.41, 5.74) is 3.77. The summed E-state index contributed by atoms with van der Waals surface area (Å²) < 4.78 is 9.69. The van der Waals surface area contributed by atoms with E-state index in [1.165, 1.54) is 22.7 Å². The molecule has 0 fully saturated rings. The Bertz CT molecular complexity index is 1930. The molecule has 0 aliphatic carbocycles. The molecule has 6 rings (SSSR count). The number of halogens is 1. The molecule has 1 atom stereocenters. The lowest BCUT2D eigenvalue weighted by Gasteiger charge is -2.23. The molecule has 9 heteroatoms. The summed E-state index contributed by atoms with van der Waals surface area (Å²) in [7, 11) is 0. The molecule has 1 aliphatic rings. The highest BCUT2D eigenvalue weighted by Crippen LogP contribution is 2.33. The number of hydrogen-bond acceptors (Lipinski definition) is 6. The van der Waals surface area contributed by atoms with Crippen molar-refractivity contribution in [3.05, 3.63) is 124 Å². The highest BCUT2D eigenvalue weighted by atomic mass is 35.5. The van der Waals surface area contributed by atoms with Crippen LogP contribution < -0.4 is 14.9 Å². The molecule has 5 aromatic rings. The Balaban J connectivity index is 1.51. The molecular formula is C30H24ClN3O3S2. The van der Waals surface area contributed by atoms with Gasteiger partial charge in [-0.15, -0.1) is 11.3 Å². The molecular weight excluding hydrogens is 550 g/mol. The Hall–Kier alpha value is -3.72. The van der Waals surface area contributed by atoms with Gasteiger partial charge in [0.2, 0.25) is 0 Å². The van der Waals surface area contributed by atoms with E-state index in [0.717, 1.165) is 26.9 Å². The fraction of sp³-hybridized carbons (Fsp3) is 0.167. The molecule has 1 aliphatic heterocycles. The van der Waals surface area contributed by atoms with Gasteiger partial charge in [-0.2, -0.15) is 0 Å². The predicted molar refractivity (Wildman–Crippen MR) is 157 cm³/mol. The van der Waals surface area contributed by atoms with Gasteiger partial charge in [-0.25, -0.2) is 9.79 Å². The van der Waals surface area contributed by atoms with E-state index in [9.17, 15) is 9.59 Å². The number of benzene rings is 2. The zero-order valence-corrected chi connectivity index (χ0v) is 23.6. The largest absolute Gasteiger partial charge is 0.463 e. The van der Waals surface area contributed by atoms with Crippen LogP contribution in [0.25, 0.3) is 17.0 Å². The van der Waals surface area contributed by atoms with Gasteiger partial charge in [0.05, 0.1) is 22.4 Å². The average Bonchev–Trinajstić information content (AvgIpc) is 3.65. The molecule has 0 radical (unpaired) electrons. The first-order valence-electron chi connectivity index (χ1n) is 12.5. The van der Waals surface area contributed by atoms with Crippen LogP contribution in [-0.2, 0) is 16.1 Å². The Kier molecular flexibility index (Phi) is 6.85. The zero-order chi connectivity index (χ0) is 27.1. The molecule has 0 N–H and O–H groups in total. The number of carbonyl (C=O) groups is 1. The van der Waals surface area contributed by atoms with Gasteiger partial charge < -0.3 is 9.30 Å². The number of esters is 1. The summed E-state index contributed by atoms with van der Waals surface area (Å²) in [6, 6.07) is 19.2. The zero-order valence-electron chi connectivity index (χ0n) is 21.3. The predicted octanol–water partition coefficient (Wildman–Crippen LogP) is 5.52. The van der Waals surface area contributed by atoms with E-state index in [0.29, 0.717) is 32.2 Å². The highest BCUT2D eigenvalue weighted by molar-refractivity contribution is 7.10. The first-order chi connectivity index (χ1) is 19.0. The van der Waals surface area contributed by atoms with Crippen LogP contribution in [0.15, 0.2) is 93.3 Å². The molecule has 0 bridgehead atoms. The van der Waals surface area contributed by atoms with Crippen LogP contribution in [0.2, 0.25) is 5.02 Å². The maximum absolute atomic E-state index is 13.9. The number of thiophene rings is 1. The number of rotatable bonds is 6. The van der Waals surface area contributed by atoms with Gasteiger partial charge in [-0.3, -0.25) is 9.36 Å². The Morgan fingerprint density at radius 2 is 1.92 bits per heavy atom. The number of thiazole rings is 1. The van der Waals surface area contributed by atoms with Crippen LogP contribution >= 0.6 is 34.3 Å². The van der Waals surface area contributed by atoms with Crippen LogP contribution in [-0.4, -0.2) is 21.7 Å². The van der Waals surface area contributed by atoms with Crippen molar-refractivity contribution in [3.63, 3.8) is 0 Å². The number of carbonyl (C=O) groups excluding carboxylic acids is 1. The highest BCUT2D eigenvalue weighted by Gasteiger charge is 2.33.